The fourth-order valence-corrected chi connectivity index (χ4v) is 2.17. The topological polar surface area (TPSA) is 72.3 Å². The standard InChI is InChI=1S/C16H10N2O3/c19-12-8-4-7-11-9-13(20-14(11)12)16-18-17-15(21-16)10-5-2-1-3-6-10/h1-9,19H. The quantitative estimate of drug-likeness (QED) is 0.602. The molecule has 5 nitrogen and oxygen atoms in total. The summed E-state index contributed by atoms with van der Waals surface area (Å²) < 4.78 is 11.2. The van der Waals surface area contributed by atoms with Crippen molar-refractivity contribution in [2.75, 3.05) is 0 Å². The van der Waals surface area contributed by atoms with E-state index < -0.39 is 0 Å². The van der Waals surface area contributed by atoms with E-state index >= 15 is 0 Å². The van der Waals surface area contributed by atoms with Crippen molar-refractivity contribution in [1.82, 2.24) is 10.2 Å². The van der Waals surface area contributed by atoms with Crippen molar-refractivity contribution >= 4 is 11.0 Å². The predicted octanol–water partition coefficient (Wildman–Crippen LogP) is 3.86. The molecule has 4 rings (SSSR count). The Hall–Kier alpha value is -3.08. The van der Waals surface area contributed by atoms with Crippen molar-refractivity contribution in [2.24, 2.45) is 0 Å². The Morgan fingerprint density at radius 3 is 2.43 bits per heavy atom. The lowest BCUT2D eigenvalue weighted by molar-refractivity contribution is 0.463. The van der Waals surface area contributed by atoms with Gasteiger partial charge >= 0.3 is 0 Å². The third-order valence-electron chi connectivity index (χ3n) is 3.18. The van der Waals surface area contributed by atoms with Crippen LogP contribution in [0.15, 0.2) is 63.4 Å². The highest BCUT2D eigenvalue weighted by Gasteiger charge is 2.15. The molecule has 0 aliphatic rings. The molecule has 2 aromatic heterocycles. The van der Waals surface area contributed by atoms with Gasteiger partial charge in [0, 0.05) is 10.9 Å². The number of phenolic OH excluding ortho intramolecular Hbond substituents is 1. The van der Waals surface area contributed by atoms with Crippen molar-refractivity contribution in [3.05, 3.63) is 54.6 Å². The summed E-state index contributed by atoms with van der Waals surface area (Å²) in [6, 6.07) is 16.4. The highest BCUT2D eigenvalue weighted by molar-refractivity contribution is 5.86. The fourth-order valence-electron chi connectivity index (χ4n) is 2.17. The number of para-hydroxylation sites is 1. The lowest BCUT2D eigenvalue weighted by Gasteiger charge is -1.92. The number of aromatic hydroxyl groups is 1. The van der Waals surface area contributed by atoms with Crippen LogP contribution in [0.4, 0.5) is 0 Å². The highest BCUT2D eigenvalue weighted by Crippen LogP contribution is 2.33. The minimum absolute atomic E-state index is 0.0848. The first-order valence-electron chi connectivity index (χ1n) is 6.42. The van der Waals surface area contributed by atoms with E-state index in [0.29, 0.717) is 17.2 Å². The molecule has 0 radical (unpaired) electrons. The molecular formula is C16H10N2O3. The third-order valence-corrected chi connectivity index (χ3v) is 3.18. The molecule has 0 fully saturated rings. The zero-order valence-corrected chi connectivity index (χ0v) is 10.9. The number of aromatic nitrogens is 2. The molecule has 2 aromatic carbocycles. The van der Waals surface area contributed by atoms with Gasteiger partial charge in [0.05, 0.1) is 0 Å². The normalized spacial score (nSPS) is 11.0. The number of benzene rings is 2. The van der Waals surface area contributed by atoms with E-state index in [1.54, 1.807) is 18.2 Å². The maximum atomic E-state index is 9.75. The molecule has 21 heavy (non-hydrogen) atoms. The van der Waals surface area contributed by atoms with E-state index in [-0.39, 0.29) is 11.6 Å². The molecule has 0 aliphatic carbocycles. The number of furan rings is 1. The number of phenols is 1. The molecule has 0 amide bonds. The van der Waals surface area contributed by atoms with Crippen molar-refractivity contribution in [1.29, 1.82) is 0 Å². The van der Waals surface area contributed by atoms with Gasteiger partial charge in [-0.1, -0.05) is 30.3 Å². The van der Waals surface area contributed by atoms with Gasteiger partial charge in [-0.25, -0.2) is 0 Å². The van der Waals surface area contributed by atoms with Gasteiger partial charge in [0.1, 0.15) is 0 Å². The summed E-state index contributed by atoms with van der Waals surface area (Å²) in [5.41, 5.74) is 1.25. The maximum absolute atomic E-state index is 9.75. The van der Waals surface area contributed by atoms with Crippen molar-refractivity contribution in [3.8, 4) is 28.9 Å². The average Bonchev–Trinajstić information content (AvgIpc) is 3.15. The van der Waals surface area contributed by atoms with E-state index in [1.165, 1.54) is 0 Å². The summed E-state index contributed by atoms with van der Waals surface area (Å²) in [4.78, 5) is 0. The van der Waals surface area contributed by atoms with Gasteiger partial charge in [0.25, 0.3) is 5.89 Å². The molecule has 0 spiro atoms. The molecule has 0 saturated carbocycles. The summed E-state index contributed by atoms with van der Waals surface area (Å²) in [6.45, 7) is 0. The molecule has 102 valence electrons. The van der Waals surface area contributed by atoms with Crippen molar-refractivity contribution < 1.29 is 13.9 Å². The molecule has 4 aromatic rings. The molecule has 0 bridgehead atoms. The van der Waals surface area contributed by atoms with Crippen LogP contribution in [-0.4, -0.2) is 15.3 Å². The van der Waals surface area contributed by atoms with Crippen molar-refractivity contribution in [2.45, 2.75) is 0 Å². The first-order chi connectivity index (χ1) is 10.3. The Kier molecular flexibility index (Phi) is 2.50. The largest absolute Gasteiger partial charge is 0.504 e. The Balaban J connectivity index is 1.79. The lowest BCUT2D eigenvalue weighted by Crippen LogP contribution is -1.75. The summed E-state index contributed by atoms with van der Waals surface area (Å²) in [5.74, 6) is 1.22. The number of fused-ring (bicyclic) bond motifs is 1. The zero-order valence-electron chi connectivity index (χ0n) is 10.9. The SMILES string of the molecule is Oc1cccc2cc(-c3nnc(-c4ccccc4)o3)oc12. The average molecular weight is 278 g/mol. The van der Waals surface area contributed by atoms with Crippen LogP contribution in [0.25, 0.3) is 34.1 Å². The number of nitrogens with zero attached hydrogens (tertiary/aromatic N) is 2. The molecular weight excluding hydrogens is 268 g/mol. The number of hydrogen-bond donors (Lipinski definition) is 1. The first-order valence-corrected chi connectivity index (χ1v) is 6.42. The second-order valence-corrected chi connectivity index (χ2v) is 4.58. The van der Waals surface area contributed by atoms with E-state index in [9.17, 15) is 5.11 Å². The summed E-state index contributed by atoms with van der Waals surface area (Å²) in [6.07, 6.45) is 0. The van der Waals surface area contributed by atoms with Gasteiger partial charge in [0.2, 0.25) is 5.89 Å². The predicted molar refractivity (Wildman–Crippen MR) is 76.6 cm³/mol. The minimum atomic E-state index is 0.0848. The molecule has 1 N–H and O–H groups in total. The molecule has 5 heteroatoms. The zero-order chi connectivity index (χ0) is 14.2. The second kappa shape index (κ2) is 4.49. The summed E-state index contributed by atoms with van der Waals surface area (Å²) in [7, 11) is 0. The van der Waals surface area contributed by atoms with E-state index in [1.807, 2.05) is 36.4 Å². The monoisotopic (exact) mass is 278 g/mol. The molecule has 2 heterocycles. The number of hydrogen-bond acceptors (Lipinski definition) is 5. The minimum Gasteiger partial charge on any atom is -0.504 e. The first kappa shape index (κ1) is 11.7. The second-order valence-electron chi connectivity index (χ2n) is 4.58. The summed E-state index contributed by atoms with van der Waals surface area (Å²) >= 11 is 0. The molecule has 0 saturated heterocycles. The van der Waals surface area contributed by atoms with Gasteiger partial charge in [0.15, 0.2) is 17.1 Å². The summed E-state index contributed by atoms with van der Waals surface area (Å²) in [5, 5.41) is 18.5. The fraction of sp³-hybridized carbons (Fsp3) is 0. The van der Waals surface area contributed by atoms with Crippen LogP contribution in [0.1, 0.15) is 0 Å². The maximum Gasteiger partial charge on any atom is 0.283 e. The van der Waals surface area contributed by atoms with Gasteiger partial charge < -0.3 is 13.9 Å². The Morgan fingerprint density at radius 2 is 1.62 bits per heavy atom. The van der Waals surface area contributed by atoms with Crippen LogP contribution in [0.2, 0.25) is 0 Å². The van der Waals surface area contributed by atoms with Crippen LogP contribution in [0.3, 0.4) is 0 Å². The van der Waals surface area contributed by atoms with Gasteiger partial charge in [-0.2, -0.15) is 0 Å². The van der Waals surface area contributed by atoms with Crippen LogP contribution in [0.5, 0.6) is 5.75 Å². The third kappa shape index (κ3) is 1.95. The Bertz CT molecular complexity index is 910. The molecule has 0 unspecified atom stereocenters. The van der Waals surface area contributed by atoms with Gasteiger partial charge in [-0.05, 0) is 24.3 Å². The van der Waals surface area contributed by atoms with Gasteiger partial charge in [-0.3, -0.25) is 0 Å². The van der Waals surface area contributed by atoms with Crippen LogP contribution in [-0.2, 0) is 0 Å². The Labute approximate surface area is 119 Å². The van der Waals surface area contributed by atoms with Crippen LogP contribution < -0.4 is 0 Å². The molecule has 0 aliphatic heterocycles. The lowest BCUT2D eigenvalue weighted by atomic mass is 10.2. The van der Waals surface area contributed by atoms with E-state index in [0.717, 1.165) is 10.9 Å². The van der Waals surface area contributed by atoms with Gasteiger partial charge in [-0.15, -0.1) is 10.2 Å². The van der Waals surface area contributed by atoms with Crippen LogP contribution in [0, 0.1) is 0 Å². The van der Waals surface area contributed by atoms with E-state index in [4.69, 9.17) is 8.83 Å². The van der Waals surface area contributed by atoms with E-state index in [2.05, 4.69) is 10.2 Å². The smallest absolute Gasteiger partial charge is 0.283 e. The Morgan fingerprint density at radius 1 is 0.810 bits per heavy atom. The van der Waals surface area contributed by atoms with Crippen LogP contribution >= 0.6 is 0 Å². The highest BCUT2D eigenvalue weighted by atomic mass is 16.4. The van der Waals surface area contributed by atoms with Crippen molar-refractivity contribution in [3.63, 3.8) is 0 Å². The molecule has 0 atom stereocenters. The number of rotatable bonds is 2.